The average Bonchev–Trinajstić information content (AvgIpc) is 2.24. The quantitative estimate of drug-likeness (QED) is 0.788. The highest BCUT2D eigenvalue weighted by molar-refractivity contribution is 9.10. The van der Waals surface area contributed by atoms with Gasteiger partial charge in [-0.3, -0.25) is 10.1 Å². The monoisotopic (exact) mass is 345 g/mol. The maximum atomic E-state index is 13.5. The Hall–Kier alpha value is -1.63. The highest BCUT2D eigenvalue weighted by Gasteiger charge is 2.15. The minimum atomic E-state index is -0.583. The summed E-state index contributed by atoms with van der Waals surface area (Å²) in [5, 5.41) is 7.36. The van der Waals surface area contributed by atoms with E-state index in [1.165, 1.54) is 12.1 Å². The summed E-state index contributed by atoms with van der Waals surface area (Å²) in [4.78, 5) is 23.0. The van der Waals surface area contributed by atoms with Crippen LogP contribution in [-0.2, 0) is 4.79 Å². The molecule has 20 heavy (non-hydrogen) atoms. The topological polar surface area (TPSA) is 70.2 Å². The molecule has 110 valence electrons. The van der Waals surface area contributed by atoms with E-state index in [2.05, 4.69) is 31.9 Å². The van der Waals surface area contributed by atoms with Crippen LogP contribution in [0.2, 0.25) is 0 Å². The molecule has 0 aliphatic rings. The van der Waals surface area contributed by atoms with Crippen LogP contribution in [0.1, 0.15) is 20.8 Å². The maximum Gasteiger partial charge on any atom is 0.321 e. The predicted molar refractivity (Wildman–Crippen MR) is 79.0 cm³/mol. The van der Waals surface area contributed by atoms with Crippen molar-refractivity contribution in [3.8, 4) is 0 Å². The van der Waals surface area contributed by atoms with Crippen LogP contribution in [0.4, 0.5) is 14.9 Å². The molecule has 0 aliphatic carbocycles. The molecule has 0 bridgehead atoms. The standard InChI is InChI=1S/C13H17BrFN3O2/c1-13(2,3)18-12(20)17-11(19)7-16-10-5-4-8(14)6-9(10)15/h4-6,16H,7H2,1-3H3,(H2,17,18,19,20). The zero-order chi connectivity index (χ0) is 15.3. The number of hydrogen-bond donors (Lipinski definition) is 3. The molecule has 0 fully saturated rings. The zero-order valence-corrected chi connectivity index (χ0v) is 13.1. The van der Waals surface area contributed by atoms with Gasteiger partial charge in [0.15, 0.2) is 0 Å². The van der Waals surface area contributed by atoms with Gasteiger partial charge in [-0.2, -0.15) is 0 Å². The second-order valence-electron chi connectivity index (χ2n) is 5.23. The number of carbonyl (C=O) groups excluding carboxylic acids is 2. The van der Waals surface area contributed by atoms with Gasteiger partial charge in [0.05, 0.1) is 12.2 Å². The third-order valence-corrected chi connectivity index (χ3v) is 2.61. The van der Waals surface area contributed by atoms with Crippen molar-refractivity contribution in [2.24, 2.45) is 0 Å². The molecule has 7 heteroatoms. The summed E-state index contributed by atoms with van der Waals surface area (Å²) >= 11 is 3.14. The molecule has 3 amide bonds. The predicted octanol–water partition coefficient (Wildman–Crippen LogP) is 2.62. The Kier molecular flexibility index (Phi) is 5.50. The van der Waals surface area contributed by atoms with Gasteiger partial charge in [0, 0.05) is 10.0 Å². The minimum Gasteiger partial charge on any atom is -0.374 e. The van der Waals surface area contributed by atoms with Gasteiger partial charge >= 0.3 is 6.03 Å². The molecule has 0 unspecified atom stereocenters. The number of hydrogen-bond acceptors (Lipinski definition) is 3. The molecule has 0 saturated heterocycles. The molecule has 0 heterocycles. The van der Waals surface area contributed by atoms with Crippen LogP contribution in [0.25, 0.3) is 0 Å². The SMILES string of the molecule is CC(C)(C)NC(=O)NC(=O)CNc1ccc(Br)cc1F. The number of rotatable bonds is 3. The van der Waals surface area contributed by atoms with E-state index in [4.69, 9.17) is 0 Å². The van der Waals surface area contributed by atoms with E-state index in [1.54, 1.807) is 26.8 Å². The molecule has 5 nitrogen and oxygen atoms in total. The molecule has 0 aromatic heterocycles. The van der Waals surface area contributed by atoms with Crippen molar-refractivity contribution in [3.05, 3.63) is 28.5 Å². The Morgan fingerprint density at radius 1 is 1.30 bits per heavy atom. The Bertz CT molecular complexity index is 515. The number of anilines is 1. The van der Waals surface area contributed by atoms with Crippen molar-refractivity contribution in [3.63, 3.8) is 0 Å². The molecule has 1 rings (SSSR count). The zero-order valence-electron chi connectivity index (χ0n) is 11.5. The van der Waals surface area contributed by atoms with Crippen LogP contribution in [0.3, 0.4) is 0 Å². The molecule has 0 saturated carbocycles. The first-order chi connectivity index (χ1) is 9.17. The van der Waals surface area contributed by atoms with Gasteiger partial charge in [-0.15, -0.1) is 0 Å². The number of nitrogens with one attached hydrogen (secondary N) is 3. The normalized spacial score (nSPS) is 10.8. The van der Waals surface area contributed by atoms with Gasteiger partial charge < -0.3 is 10.6 Å². The van der Waals surface area contributed by atoms with Gasteiger partial charge in [0.2, 0.25) is 5.91 Å². The maximum absolute atomic E-state index is 13.5. The van der Waals surface area contributed by atoms with Crippen LogP contribution in [0, 0.1) is 5.82 Å². The fraction of sp³-hybridized carbons (Fsp3) is 0.385. The molecular weight excluding hydrogens is 329 g/mol. The molecular formula is C13H17BrFN3O2. The van der Waals surface area contributed by atoms with Gasteiger partial charge in [0.25, 0.3) is 0 Å². The highest BCUT2D eigenvalue weighted by atomic mass is 79.9. The van der Waals surface area contributed by atoms with Gasteiger partial charge in [0.1, 0.15) is 5.82 Å². The first-order valence-corrected chi connectivity index (χ1v) is 6.77. The van der Waals surface area contributed by atoms with Crippen molar-refractivity contribution < 1.29 is 14.0 Å². The molecule has 0 aliphatic heterocycles. The summed E-state index contributed by atoms with van der Waals surface area (Å²) in [7, 11) is 0. The summed E-state index contributed by atoms with van der Waals surface area (Å²) in [5.41, 5.74) is -0.241. The second-order valence-corrected chi connectivity index (χ2v) is 6.15. The number of urea groups is 1. The average molecular weight is 346 g/mol. The van der Waals surface area contributed by atoms with E-state index in [0.29, 0.717) is 4.47 Å². The summed E-state index contributed by atoms with van der Waals surface area (Å²) in [6, 6.07) is 3.85. The van der Waals surface area contributed by atoms with Crippen LogP contribution in [0.5, 0.6) is 0 Å². The molecule has 0 atom stereocenters. The number of carbonyl (C=O) groups is 2. The number of imide groups is 1. The van der Waals surface area contributed by atoms with Crippen molar-refractivity contribution in [2.75, 3.05) is 11.9 Å². The smallest absolute Gasteiger partial charge is 0.321 e. The van der Waals surface area contributed by atoms with Gasteiger partial charge in [-0.05, 0) is 39.0 Å². The Labute approximate surface area is 125 Å². The third-order valence-electron chi connectivity index (χ3n) is 2.11. The minimum absolute atomic E-state index is 0.194. The Balaban J connectivity index is 2.46. The van der Waals surface area contributed by atoms with E-state index in [-0.39, 0.29) is 12.2 Å². The van der Waals surface area contributed by atoms with Crippen molar-refractivity contribution in [2.45, 2.75) is 26.3 Å². The van der Waals surface area contributed by atoms with E-state index >= 15 is 0 Å². The molecule has 0 radical (unpaired) electrons. The van der Waals surface area contributed by atoms with Crippen molar-refractivity contribution in [1.82, 2.24) is 10.6 Å². The lowest BCUT2D eigenvalue weighted by molar-refractivity contribution is -0.118. The first kappa shape index (κ1) is 16.4. The fourth-order valence-electron chi connectivity index (χ4n) is 1.35. The van der Waals surface area contributed by atoms with E-state index < -0.39 is 23.3 Å². The van der Waals surface area contributed by atoms with Crippen molar-refractivity contribution >= 4 is 33.6 Å². The van der Waals surface area contributed by atoms with E-state index in [9.17, 15) is 14.0 Å². The van der Waals surface area contributed by atoms with E-state index in [1.807, 2.05) is 0 Å². The largest absolute Gasteiger partial charge is 0.374 e. The van der Waals surface area contributed by atoms with Gasteiger partial charge in [-0.25, -0.2) is 9.18 Å². The molecule has 0 spiro atoms. The van der Waals surface area contributed by atoms with Crippen LogP contribution in [-0.4, -0.2) is 24.0 Å². The Morgan fingerprint density at radius 3 is 2.50 bits per heavy atom. The van der Waals surface area contributed by atoms with Crippen LogP contribution < -0.4 is 16.0 Å². The van der Waals surface area contributed by atoms with Crippen LogP contribution >= 0.6 is 15.9 Å². The first-order valence-electron chi connectivity index (χ1n) is 5.98. The van der Waals surface area contributed by atoms with Crippen LogP contribution in [0.15, 0.2) is 22.7 Å². The number of halogens is 2. The lowest BCUT2D eigenvalue weighted by Gasteiger charge is -2.20. The number of amides is 3. The van der Waals surface area contributed by atoms with Gasteiger partial charge in [-0.1, -0.05) is 15.9 Å². The second kappa shape index (κ2) is 6.69. The van der Waals surface area contributed by atoms with E-state index in [0.717, 1.165) is 0 Å². The summed E-state index contributed by atoms with van der Waals surface area (Å²) in [6.45, 7) is 5.20. The third kappa shape index (κ3) is 6.01. The summed E-state index contributed by atoms with van der Waals surface area (Å²) in [5.74, 6) is -1.03. The lowest BCUT2D eigenvalue weighted by Crippen LogP contribution is -2.49. The molecule has 1 aromatic carbocycles. The lowest BCUT2D eigenvalue weighted by atomic mass is 10.1. The highest BCUT2D eigenvalue weighted by Crippen LogP contribution is 2.18. The summed E-state index contributed by atoms with van der Waals surface area (Å²) < 4.78 is 14.1. The van der Waals surface area contributed by atoms with Crippen molar-refractivity contribution in [1.29, 1.82) is 0 Å². The molecule has 1 aromatic rings. The Morgan fingerprint density at radius 2 is 1.95 bits per heavy atom. The fourth-order valence-corrected chi connectivity index (χ4v) is 1.68. The number of benzene rings is 1. The molecule has 3 N–H and O–H groups in total. The summed E-state index contributed by atoms with van der Waals surface area (Å²) in [6.07, 6.45) is 0.